The summed E-state index contributed by atoms with van der Waals surface area (Å²) >= 11 is 0. The van der Waals surface area contributed by atoms with Crippen LogP contribution in [-0.2, 0) is 17.6 Å². The van der Waals surface area contributed by atoms with E-state index >= 15 is 0 Å². The fourth-order valence-corrected chi connectivity index (χ4v) is 2.57. The number of carbonyl (C=O) groups excluding carboxylic acids is 1. The lowest BCUT2D eigenvalue weighted by Crippen LogP contribution is -2.36. The Labute approximate surface area is 123 Å². The van der Waals surface area contributed by atoms with Gasteiger partial charge in [0.25, 0.3) is 0 Å². The van der Waals surface area contributed by atoms with Crippen molar-refractivity contribution in [3.63, 3.8) is 0 Å². The van der Waals surface area contributed by atoms with E-state index in [1.807, 2.05) is 6.07 Å². The smallest absolute Gasteiger partial charge is 0.407 e. The van der Waals surface area contributed by atoms with Crippen molar-refractivity contribution in [2.45, 2.75) is 31.7 Å². The number of hydrogen-bond donors (Lipinski definition) is 2. The molecule has 1 aromatic rings. The van der Waals surface area contributed by atoms with Crippen LogP contribution in [0.2, 0.25) is 0 Å². The van der Waals surface area contributed by atoms with Gasteiger partial charge in [-0.25, -0.2) is 9.59 Å². The minimum atomic E-state index is -0.933. The number of carboxylic acid groups (broad SMARTS) is 1. The molecular formula is C16H19NO4. The van der Waals surface area contributed by atoms with Gasteiger partial charge < -0.3 is 15.2 Å². The number of alkyl carbamates (subject to hydrolysis) is 1. The second-order valence-corrected chi connectivity index (χ2v) is 5.11. The van der Waals surface area contributed by atoms with Crippen molar-refractivity contribution in [1.29, 1.82) is 0 Å². The summed E-state index contributed by atoms with van der Waals surface area (Å²) in [6.07, 6.45) is 4.37. The van der Waals surface area contributed by atoms with Gasteiger partial charge in [0, 0.05) is 6.04 Å². The first-order chi connectivity index (χ1) is 10.1. The third-order valence-corrected chi connectivity index (χ3v) is 3.57. The number of benzene rings is 1. The molecule has 1 aliphatic carbocycles. The SMILES string of the molecule is C=CCOC(=O)NC1CCCc2ccc(C(=O)O)cc2C1. The molecule has 5 heteroatoms. The molecule has 0 aliphatic heterocycles. The quantitative estimate of drug-likeness (QED) is 0.659. The predicted octanol–water partition coefficient (Wildman–Crippen LogP) is 2.54. The van der Waals surface area contributed by atoms with Crippen molar-refractivity contribution in [3.8, 4) is 0 Å². The molecule has 0 aromatic heterocycles. The summed E-state index contributed by atoms with van der Waals surface area (Å²) in [5.41, 5.74) is 2.42. The van der Waals surface area contributed by atoms with Gasteiger partial charge in [0.15, 0.2) is 0 Å². The van der Waals surface area contributed by atoms with Crippen molar-refractivity contribution in [2.24, 2.45) is 0 Å². The molecule has 1 amide bonds. The van der Waals surface area contributed by atoms with E-state index in [-0.39, 0.29) is 18.2 Å². The summed E-state index contributed by atoms with van der Waals surface area (Å²) in [7, 11) is 0. The van der Waals surface area contributed by atoms with Gasteiger partial charge in [0.1, 0.15) is 6.61 Å². The molecule has 2 rings (SSSR count). The van der Waals surface area contributed by atoms with Crippen molar-refractivity contribution < 1.29 is 19.4 Å². The second kappa shape index (κ2) is 6.92. The van der Waals surface area contributed by atoms with Gasteiger partial charge in [0.05, 0.1) is 5.56 Å². The number of aromatic carboxylic acids is 1. The molecule has 21 heavy (non-hydrogen) atoms. The molecular weight excluding hydrogens is 270 g/mol. The van der Waals surface area contributed by atoms with Gasteiger partial charge >= 0.3 is 12.1 Å². The third kappa shape index (κ3) is 4.08. The maximum Gasteiger partial charge on any atom is 0.407 e. The van der Waals surface area contributed by atoms with E-state index in [2.05, 4.69) is 11.9 Å². The Hall–Kier alpha value is -2.30. The van der Waals surface area contributed by atoms with E-state index in [4.69, 9.17) is 9.84 Å². The molecule has 112 valence electrons. The topological polar surface area (TPSA) is 75.6 Å². The molecule has 0 radical (unpaired) electrons. The van der Waals surface area contributed by atoms with E-state index in [1.165, 1.54) is 6.08 Å². The third-order valence-electron chi connectivity index (χ3n) is 3.57. The molecule has 1 unspecified atom stereocenters. The fourth-order valence-electron chi connectivity index (χ4n) is 2.57. The van der Waals surface area contributed by atoms with E-state index in [0.29, 0.717) is 6.42 Å². The molecule has 0 heterocycles. The molecule has 0 saturated carbocycles. The highest BCUT2D eigenvalue weighted by atomic mass is 16.5. The highest BCUT2D eigenvalue weighted by molar-refractivity contribution is 5.87. The lowest BCUT2D eigenvalue weighted by molar-refractivity contribution is 0.0696. The maximum absolute atomic E-state index is 11.6. The molecule has 1 atom stereocenters. The Balaban J connectivity index is 2.08. The van der Waals surface area contributed by atoms with Crippen molar-refractivity contribution in [3.05, 3.63) is 47.5 Å². The number of carbonyl (C=O) groups is 2. The van der Waals surface area contributed by atoms with Crippen LogP contribution < -0.4 is 5.32 Å². The first-order valence-electron chi connectivity index (χ1n) is 6.99. The Bertz CT molecular complexity index is 553. The van der Waals surface area contributed by atoms with E-state index < -0.39 is 12.1 Å². The number of aryl methyl sites for hydroxylation is 1. The predicted molar refractivity (Wildman–Crippen MR) is 78.5 cm³/mol. The lowest BCUT2D eigenvalue weighted by Gasteiger charge is -2.16. The van der Waals surface area contributed by atoms with Crippen LogP contribution in [0.25, 0.3) is 0 Å². The summed E-state index contributed by atoms with van der Waals surface area (Å²) in [5.74, 6) is -0.933. The van der Waals surface area contributed by atoms with Gasteiger partial charge in [-0.15, -0.1) is 0 Å². The highest BCUT2D eigenvalue weighted by Crippen LogP contribution is 2.22. The number of carboxylic acids is 1. The molecule has 1 aliphatic rings. The van der Waals surface area contributed by atoms with Crippen LogP contribution >= 0.6 is 0 Å². The number of hydrogen-bond acceptors (Lipinski definition) is 3. The van der Waals surface area contributed by atoms with Crippen molar-refractivity contribution >= 4 is 12.1 Å². The summed E-state index contributed by atoms with van der Waals surface area (Å²) in [6, 6.07) is 5.17. The number of amides is 1. The minimum Gasteiger partial charge on any atom is -0.478 e. The van der Waals surface area contributed by atoms with Crippen LogP contribution in [0.3, 0.4) is 0 Å². The molecule has 0 spiro atoms. The zero-order valence-corrected chi connectivity index (χ0v) is 11.8. The standard InChI is InChI=1S/C16H19NO4/c1-2-8-21-16(20)17-14-5-3-4-11-6-7-12(15(18)19)9-13(11)10-14/h2,6-7,9,14H,1,3-5,8,10H2,(H,17,20)(H,18,19). The average molecular weight is 289 g/mol. The van der Waals surface area contributed by atoms with Crippen LogP contribution in [0.5, 0.6) is 0 Å². The fraction of sp³-hybridized carbons (Fsp3) is 0.375. The molecule has 1 aromatic carbocycles. The Kier molecular flexibility index (Phi) is 4.98. The van der Waals surface area contributed by atoms with Crippen LogP contribution in [-0.4, -0.2) is 29.8 Å². The average Bonchev–Trinajstić information content (AvgIpc) is 2.65. The number of nitrogens with one attached hydrogen (secondary N) is 1. The zero-order chi connectivity index (χ0) is 15.2. The van der Waals surface area contributed by atoms with Crippen molar-refractivity contribution in [2.75, 3.05) is 6.61 Å². The van der Waals surface area contributed by atoms with Crippen LogP contribution in [0.15, 0.2) is 30.9 Å². The van der Waals surface area contributed by atoms with Crippen LogP contribution in [0, 0.1) is 0 Å². The van der Waals surface area contributed by atoms with Crippen molar-refractivity contribution in [1.82, 2.24) is 5.32 Å². The van der Waals surface area contributed by atoms with Gasteiger partial charge in [-0.2, -0.15) is 0 Å². The largest absolute Gasteiger partial charge is 0.478 e. The summed E-state index contributed by atoms with van der Waals surface area (Å²) < 4.78 is 4.92. The number of rotatable bonds is 4. The highest BCUT2D eigenvalue weighted by Gasteiger charge is 2.20. The Morgan fingerprint density at radius 2 is 2.24 bits per heavy atom. The van der Waals surface area contributed by atoms with Gasteiger partial charge in [0.2, 0.25) is 0 Å². The summed E-state index contributed by atoms with van der Waals surface area (Å²) in [4.78, 5) is 22.6. The van der Waals surface area contributed by atoms with Gasteiger partial charge in [-0.05, 0) is 48.9 Å². The van der Waals surface area contributed by atoms with Crippen LogP contribution in [0.1, 0.15) is 34.3 Å². The Morgan fingerprint density at radius 1 is 1.43 bits per heavy atom. The monoisotopic (exact) mass is 289 g/mol. The van der Waals surface area contributed by atoms with E-state index in [1.54, 1.807) is 12.1 Å². The Morgan fingerprint density at radius 3 is 2.95 bits per heavy atom. The first-order valence-corrected chi connectivity index (χ1v) is 6.99. The molecule has 5 nitrogen and oxygen atoms in total. The minimum absolute atomic E-state index is 0.0346. The molecule has 0 saturated heterocycles. The van der Waals surface area contributed by atoms with E-state index in [0.717, 1.165) is 30.4 Å². The second-order valence-electron chi connectivity index (χ2n) is 5.11. The van der Waals surface area contributed by atoms with E-state index in [9.17, 15) is 9.59 Å². The lowest BCUT2D eigenvalue weighted by atomic mass is 9.99. The number of fused-ring (bicyclic) bond motifs is 1. The summed E-state index contributed by atoms with van der Waals surface area (Å²) in [6.45, 7) is 3.67. The summed E-state index contributed by atoms with van der Waals surface area (Å²) in [5, 5.41) is 11.9. The van der Waals surface area contributed by atoms with Gasteiger partial charge in [-0.3, -0.25) is 0 Å². The first kappa shape index (κ1) is 15.1. The van der Waals surface area contributed by atoms with Crippen LogP contribution in [0.4, 0.5) is 4.79 Å². The molecule has 0 fully saturated rings. The molecule has 2 N–H and O–H groups in total. The maximum atomic E-state index is 11.6. The van der Waals surface area contributed by atoms with Gasteiger partial charge in [-0.1, -0.05) is 18.7 Å². The number of ether oxygens (including phenoxy) is 1. The zero-order valence-electron chi connectivity index (χ0n) is 11.8. The molecule has 0 bridgehead atoms. The normalized spacial score (nSPS) is 17.2.